The predicted molar refractivity (Wildman–Crippen MR) is 82.0 cm³/mol. The number of nitrogens with zero attached hydrogens (tertiary/aromatic N) is 3. The zero-order valence-corrected chi connectivity index (χ0v) is 13.0. The number of aromatic nitrogens is 3. The van der Waals surface area contributed by atoms with E-state index in [1.165, 1.54) is 0 Å². The molecule has 0 aliphatic heterocycles. The molecule has 0 unspecified atom stereocenters. The summed E-state index contributed by atoms with van der Waals surface area (Å²) >= 11 is 0. The highest BCUT2D eigenvalue weighted by Gasteiger charge is 2.56. The number of carboxylic acid groups (broad SMARTS) is 1. The minimum absolute atomic E-state index is 0.262. The molecule has 120 valence electrons. The van der Waals surface area contributed by atoms with Crippen LogP contribution in [0.1, 0.15) is 29.8 Å². The van der Waals surface area contributed by atoms with E-state index < -0.39 is 17.3 Å². The first-order valence-corrected chi connectivity index (χ1v) is 7.43. The number of rotatable bonds is 5. The van der Waals surface area contributed by atoms with Gasteiger partial charge in [0.1, 0.15) is 5.41 Å². The summed E-state index contributed by atoms with van der Waals surface area (Å²) in [6.45, 7) is 4.14. The Hall–Kier alpha value is -2.70. The average Bonchev–Trinajstić information content (AvgIpc) is 3.26. The van der Waals surface area contributed by atoms with E-state index in [0.29, 0.717) is 18.7 Å². The maximum absolute atomic E-state index is 12.0. The Morgan fingerprint density at radius 1 is 1.35 bits per heavy atom. The molecule has 2 N–H and O–H groups in total. The molecule has 0 bridgehead atoms. The van der Waals surface area contributed by atoms with Crippen LogP contribution in [0.2, 0.25) is 0 Å². The molecule has 3 rings (SSSR count). The van der Waals surface area contributed by atoms with Crippen LogP contribution in [-0.4, -0.2) is 31.7 Å². The van der Waals surface area contributed by atoms with Crippen LogP contribution in [-0.2, 0) is 16.1 Å². The maximum atomic E-state index is 12.0. The quantitative estimate of drug-likeness (QED) is 0.812. The second-order valence-corrected chi connectivity index (χ2v) is 5.93. The second-order valence-electron chi connectivity index (χ2n) is 5.93. The van der Waals surface area contributed by atoms with Crippen molar-refractivity contribution < 1.29 is 14.7 Å². The molecule has 1 aliphatic rings. The van der Waals surface area contributed by atoms with Crippen LogP contribution in [0.4, 0.5) is 0 Å². The lowest BCUT2D eigenvalue weighted by Gasteiger charge is -2.11. The van der Waals surface area contributed by atoms with Crippen LogP contribution in [0, 0.1) is 19.3 Å². The fourth-order valence-corrected chi connectivity index (χ4v) is 2.52. The minimum Gasteiger partial charge on any atom is -0.480 e. The summed E-state index contributed by atoms with van der Waals surface area (Å²) in [5.41, 5.74) is 1.51. The van der Waals surface area contributed by atoms with E-state index in [4.69, 9.17) is 5.11 Å². The Balaban J connectivity index is 1.65. The number of aryl methyl sites for hydroxylation is 2. The number of carboxylic acids is 1. The summed E-state index contributed by atoms with van der Waals surface area (Å²) in [5.74, 6) is -0.768. The number of carbonyl (C=O) groups excluding carboxylic acids is 1. The van der Waals surface area contributed by atoms with Gasteiger partial charge in [-0.05, 0) is 44.4 Å². The number of amides is 1. The molecule has 2 aromatic heterocycles. The van der Waals surface area contributed by atoms with Crippen LogP contribution in [0.25, 0.3) is 5.82 Å². The summed E-state index contributed by atoms with van der Waals surface area (Å²) in [4.78, 5) is 27.4. The largest absolute Gasteiger partial charge is 0.480 e. The summed E-state index contributed by atoms with van der Waals surface area (Å²) in [5, 5.41) is 16.1. The lowest BCUT2D eigenvalue weighted by Crippen LogP contribution is -2.36. The van der Waals surface area contributed by atoms with Gasteiger partial charge in [0.2, 0.25) is 5.91 Å². The summed E-state index contributed by atoms with van der Waals surface area (Å²) in [6.07, 6.45) is 2.47. The van der Waals surface area contributed by atoms with Crippen LogP contribution in [0.15, 0.2) is 24.4 Å². The first kappa shape index (κ1) is 15.2. The first-order chi connectivity index (χ1) is 10.9. The summed E-state index contributed by atoms with van der Waals surface area (Å²) < 4.78 is 1.75. The number of pyridine rings is 1. The van der Waals surface area contributed by atoms with Gasteiger partial charge in [0.05, 0.1) is 5.69 Å². The molecule has 23 heavy (non-hydrogen) atoms. The van der Waals surface area contributed by atoms with E-state index in [1.807, 2.05) is 32.0 Å². The maximum Gasteiger partial charge on any atom is 0.319 e. The SMILES string of the molecule is Cc1cc(C)n(-c2ccc(CNC(=O)C3(C(=O)O)CC3)cn2)n1. The van der Waals surface area contributed by atoms with Crippen LogP contribution < -0.4 is 5.32 Å². The van der Waals surface area contributed by atoms with Gasteiger partial charge < -0.3 is 10.4 Å². The molecule has 0 aromatic carbocycles. The van der Waals surface area contributed by atoms with Gasteiger partial charge in [-0.3, -0.25) is 9.59 Å². The molecular weight excluding hydrogens is 296 g/mol. The van der Waals surface area contributed by atoms with Gasteiger partial charge in [-0.1, -0.05) is 6.07 Å². The third-order valence-electron chi connectivity index (χ3n) is 4.08. The van der Waals surface area contributed by atoms with Gasteiger partial charge in [-0.15, -0.1) is 0 Å². The minimum atomic E-state index is -1.21. The molecule has 2 aromatic rings. The van der Waals surface area contributed by atoms with E-state index in [-0.39, 0.29) is 6.54 Å². The normalized spacial score (nSPS) is 15.2. The molecule has 1 saturated carbocycles. The molecule has 7 nitrogen and oxygen atoms in total. The van der Waals surface area contributed by atoms with E-state index in [1.54, 1.807) is 10.9 Å². The highest BCUT2D eigenvalue weighted by molar-refractivity contribution is 6.04. The Kier molecular flexibility index (Phi) is 3.63. The predicted octanol–water partition coefficient (Wildman–Crippen LogP) is 1.37. The van der Waals surface area contributed by atoms with E-state index >= 15 is 0 Å². The second kappa shape index (κ2) is 5.49. The van der Waals surface area contributed by atoms with Gasteiger partial charge in [-0.25, -0.2) is 9.67 Å². The van der Waals surface area contributed by atoms with Crippen molar-refractivity contribution in [2.24, 2.45) is 5.41 Å². The van der Waals surface area contributed by atoms with Crippen LogP contribution in [0.3, 0.4) is 0 Å². The number of hydrogen-bond donors (Lipinski definition) is 2. The van der Waals surface area contributed by atoms with Crippen molar-refractivity contribution >= 4 is 11.9 Å². The monoisotopic (exact) mass is 314 g/mol. The van der Waals surface area contributed by atoms with Crippen molar-refractivity contribution in [2.75, 3.05) is 0 Å². The lowest BCUT2D eigenvalue weighted by atomic mass is 10.1. The zero-order valence-electron chi connectivity index (χ0n) is 13.0. The van der Waals surface area contributed by atoms with E-state index in [9.17, 15) is 9.59 Å². The molecule has 1 aliphatic carbocycles. The fraction of sp³-hybridized carbons (Fsp3) is 0.375. The van der Waals surface area contributed by atoms with Crippen molar-refractivity contribution in [1.29, 1.82) is 0 Å². The molecule has 1 amide bonds. The van der Waals surface area contributed by atoms with Crippen molar-refractivity contribution in [1.82, 2.24) is 20.1 Å². The number of hydrogen-bond acceptors (Lipinski definition) is 4. The molecule has 0 atom stereocenters. The molecule has 0 spiro atoms. The third kappa shape index (κ3) is 2.81. The standard InChI is InChI=1S/C16H18N4O3/c1-10-7-11(2)20(19-10)13-4-3-12(8-17-13)9-18-14(21)16(5-6-16)15(22)23/h3-4,7-8H,5-6,9H2,1-2H3,(H,18,21)(H,22,23). The van der Waals surface area contributed by atoms with Gasteiger partial charge >= 0.3 is 5.97 Å². The topological polar surface area (TPSA) is 97.1 Å². The van der Waals surface area contributed by atoms with E-state index in [0.717, 1.165) is 17.0 Å². The number of nitrogens with one attached hydrogen (secondary N) is 1. The summed E-state index contributed by atoms with van der Waals surface area (Å²) in [7, 11) is 0. The zero-order chi connectivity index (χ0) is 16.6. The molecule has 7 heteroatoms. The van der Waals surface area contributed by atoms with Gasteiger partial charge in [0.25, 0.3) is 0 Å². The number of aliphatic carboxylic acids is 1. The Labute approximate surface area is 133 Å². The van der Waals surface area contributed by atoms with Gasteiger partial charge in [0, 0.05) is 18.4 Å². The van der Waals surface area contributed by atoms with E-state index in [2.05, 4.69) is 15.4 Å². The first-order valence-electron chi connectivity index (χ1n) is 7.43. The Morgan fingerprint density at radius 2 is 2.09 bits per heavy atom. The smallest absolute Gasteiger partial charge is 0.319 e. The molecule has 1 fully saturated rings. The highest BCUT2D eigenvalue weighted by atomic mass is 16.4. The molecule has 0 radical (unpaired) electrons. The van der Waals surface area contributed by atoms with Crippen LogP contribution in [0.5, 0.6) is 0 Å². The van der Waals surface area contributed by atoms with Crippen molar-refractivity contribution in [3.05, 3.63) is 41.3 Å². The lowest BCUT2D eigenvalue weighted by molar-refractivity contribution is -0.149. The molecular formula is C16H18N4O3. The van der Waals surface area contributed by atoms with Gasteiger partial charge in [0.15, 0.2) is 5.82 Å². The third-order valence-corrected chi connectivity index (χ3v) is 4.08. The van der Waals surface area contributed by atoms with Gasteiger partial charge in [-0.2, -0.15) is 5.10 Å². The Morgan fingerprint density at radius 3 is 2.57 bits per heavy atom. The van der Waals surface area contributed by atoms with Crippen molar-refractivity contribution in [3.8, 4) is 5.82 Å². The molecule has 2 heterocycles. The Bertz CT molecular complexity index is 760. The number of carbonyl (C=O) groups is 2. The fourth-order valence-electron chi connectivity index (χ4n) is 2.52. The van der Waals surface area contributed by atoms with Crippen molar-refractivity contribution in [3.63, 3.8) is 0 Å². The van der Waals surface area contributed by atoms with Crippen molar-refractivity contribution in [2.45, 2.75) is 33.2 Å². The highest BCUT2D eigenvalue weighted by Crippen LogP contribution is 2.46. The van der Waals surface area contributed by atoms with Crippen LogP contribution >= 0.6 is 0 Å². The summed E-state index contributed by atoms with van der Waals surface area (Å²) in [6, 6.07) is 5.64. The molecule has 0 saturated heterocycles. The average molecular weight is 314 g/mol.